The second-order valence-corrected chi connectivity index (χ2v) is 15.5. The first-order chi connectivity index (χ1) is 28.5. The predicted octanol–water partition coefficient (Wildman–Crippen LogP) is 4.59. The molecule has 0 spiro atoms. The van der Waals surface area contributed by atoms with Gasteiger partial charge in [0.05, 0.1) is 18.2 Å². The van der Waals surface area contributed by atoms with Crippen LogP contribution >= 0.6 is 0 Å². The standard InChI is InChI=1S/C46H50N4O9/c51-39-15-13-37(38-14-16-41(53)48-42(38)39)40(52)28-47-22-17-30-9-11-32(12-10-30)43(54)50-25-20-33(21-26-50)44(55)49-23-18-31(19-24-49)29-59-36-8-4-7-35(27-36)46(58,45(56)57)34-5-2-1-3-6-34/h1-16,27,31,33,40,47,51-52,58H,17-26,28-29H2,(H,48,53)(H,56,57). The number of phenols is 1. The van der Waals surface area contributed by atoms with Gasteiger partial charge in [-0.1, -0.05) is 60.7 Å². The van der Waals surface area contributed by atoms with Crippen LogP contribution in [0.2, 0.25) is 0 Å². The van der Waals surface area contributed by atoms with Crippen LogP contribution in [0.15, 0.2) is 108 Å². The zero-order valence-electron chi connectivity index (χ0n) is 32.8. The Morgan fingerprint density at radius 3 is 2.24 bits per heavy atom. The van der Waals surface area contributed by atoms with Crippen molar-refractivity contribution in [1.29, 1.82) is 0 Å². The molecule has 2 atom stereocenters. The third-order valence-electron chi connectivity index (χ3n) is 11.7. The van der Waals surface area contributed by atoms with Crippen molar-refractivity contribution in [3.05, 3.63) is 141 Å². The number of fused-ring (bicyclic) bond motifs is 1. The van der Waals surface area contributed by atoms with E-state index < -0.39 is 17.7 Å². The largest absolute Gasteiger partial charge is 0.506 e. The molecule has 2 fully saturated rings. The third kappa shape index (κ3) is 9.33. The van der Waals surface area contributed by atoms with Gasteiger partial charge in [0.25, 0.3) is 5.91 Å². The fourth-order valence-electron chi connectivity index (χ4n) is 8.15. The lowest BCUT2D eigenvalue weighted by Crippen LogP contribution is -2.47. The van der Waals surface area contributed by atoms with Crippen LogP contribution in [-0.2, 0) is 21.6 Å². The number of piperidine rings is 2. The number of carbonyl (C=O) groups is 3. The number of aliphatic hydroxyl groups excluding tert-OH is 1. The lowest BCUT2D eigenvalue weighted by Gasteiger charge is -2.37. The minimum Gasteiger partial charge on any atom is -0.506 e. The zero-order chi connectivity index (χ0) is 41.5. The number of benzene rings is 4. The summed E-state index contributed by atoms with van der Waals surface area (Å²) in [7, 11) is 0. The number of aromatic hydroxyl groups is 1. The maximum atomic E-state index is 13.5. The fraction of sp³-hybridized carbons (Fsp3) is 0.348. The van der Waals surface area contributed by atoms with Crippen molar-refractivity contribution in [2.75, 3.05) is 45.9 Å². The molecule has 2 unspecified atom stereocenters. The van der Waals surface area contributed by atoms with Crippen LogP contribution < -0.4 is 15.6 Å². The number of hydrogen-bond acceptors (Lipinski definition) is 9. The number of ether oxygens (including phenoxy) is 1. The highest BCUT2D eigenvalue weighted by atomic mass is 16.5. The number of nitrogens with one attached hydrogen (secondary N) is 2. The Morgan fingerprint density at radius 2 is 1.53 bits per heavy atom. The second-order valence-electron chi connectivity index (χ2n) is 15.5. The number of H-pyrrole nitrogens is 1. The molecule has 0 bridgehead atoms. The van der Waals surface area contributed by atoms with E-state index in [1.54, 1.807) is 66.7 Å². The lowest BCUT2D eigenvalue weighted by atomic mass is 9.86. The normalized spacial score (nSPS) is 16.7. The van der Waals surface area contributed by atoms with E-state index in [4.69, 9.17) is 4.74 Å². The Kier molecular flexibility index (Phi) is 12.7. The maximum absolute atomic E-state index is 13.5. The summed E-state index contributed by atoms with van der Waals surface area (Å²) in [6.45, 7) is 3.56. The van der Waals surface area contributed by atoms with Crippen LogP contribution in [0.3, 0.4) is 0 Å². The number of phenolic OH excluding ortho intramolecular Hbond substituents is 1. The molecule has 13 nitrogen and oxygen atoms in total. The van der Waals surface area contributed by atoms with Crippen molar-refractivity contribution in [3.63, 3.8) is 0 Å². The van der Waals surface area contributed by atoms with Crippen molar-refractivity contribution in [3.8, 4) is 11.5 Å². The first kappa shape index (κ1) is 41.2. The Balaban J connectivity index is 0.817. The number of hydrogen-bond donors (Lipinski definition) is 6. The maximum Gasteiger partial charge on any atom is 0.345 e. The fourth-order valence-corrected chi connectivity index (χ4v) is 8.15. The summed E-state index contributed by atoms with van der Waals surface area (Å²) < 4.78 is 6.08. The third-order valence-corrected chi connectivity index (χ3v) is 11.7. The van der Waals surface area contributed by atoms with Crippen molar-refractivity contribution in [2.45, 2.75) is 43.8 Å². The number of carboxylic acid groups (broad SMARTS) is 1. The van der Waals surface area contributed by atoms with Crippen LogP contribution in [0.5, 0.6) is 11.5 Å². The van der Waals surface area contributed by atoms with Crippen molar-refractivity contribution in [2.24, 2.45) is 11.8 Å². The molecular weight excluding hydrogens is 753 g/mol. The van der Waals surface area contributed by atoms with Crippen LogP contribution in [0.25, 0.3) is 10.9 Å². The summed E-state index contributed by atoms with van der Waals surface area (Å²) in [5.74, 6) is -0.781. The highest BCUT2D eigenvalue weighted by Gasteiger charge is 2.40. The molecule has 5 aromatic rings. The van der Waals surface area contributed by atoms with Gasteiger partial charge in [0.1, 0.15) is 11.5 Å². The molecule has 59 heavy (non-hydrogen) atoms. The Morgan fingerprint density at radius 1 is 0.831 bits per heavy atom. The molecule has 308 valence electrons. The van der Waals surface area contributed by atoms with Gasteiger partial charge in [-0.05, 0) is 97.7 Å². The first-order valence-corrected chi connectivity index (χ1v) is 20.2. The van der Waals surface area contributed by atoms with E-state index in [2.05, 4.69) is 10.3 Å². The van der Waals surface area contributed by atoms with E-state index in [9.17, 15) is 39.6 Å². The highest BCUT2D eigenvalue weighted by molar-refractivity contribution is 5.94. The highest BCUT2D eigenvalue weighted by Crippen LogP contribution is 2.33. The quantitative estimate of drug-likeness (QED) is 0.0866. The number of carboxylic acids is 1. The molecule has 2 aliphatic rings. The van der Waals surface area contributed by atoms with E-state index >= 15 is 0 Å². The van der Waals surface area contributed by atoms with E-state index in [0.717, 1.165) is 18.4 Å². The number of carbonyl (C=O) groups excluding carboxylic acids is 2. The van der Waals surface area contributed by atoms with Gasteiger partial charge in [-0.2, -0.15) is 0 Å². The van der Waals surface area contributed by atoms with Crippen molar-refractivity contribution >= 4 is 28.7 Å². The van der Waals surface area contributed by atoms with Gasteiger partial charge in [0.2, 0.25) is 17.1 Å². The molecule has 6 N–H and O–H groups in total. The van der Waals surface area contributed by atoms with Crippen LogP contribution in [0.1, 0.15) is 64.4 Å². The van der Waals surface area contributed by atoms with Gasteiger partial charge in [-0.3, -0.25) is 14.4 Å². The zero-order valence-corrected chi connectivity index (χ0v) is 32.8. The SMILES string of the molecule is O=C(c1ccc(CCNCC(O)c2ccc(O)c3[nH]c(=O)ccc23)cc1)N1CCC(C(=O)N2CCC(COc3cccc(C(O)(C(=O)O)c4ccccc4)c3)CC2)CC1. The Bertz CT molecular complexity index is 2320. The molecule has 2 amide bonds. The average molecular weight is 803 g/mol. The van der Waals surface area contributed by atoms with Crippen molar-refractivity contribution in [1.82, 2.24) is 20.1 Å². The van der Waals surface area contributed by atoms with Gasteiger partial charge >= 0.3 is 5.97 Å². The van der Waals surface area contributed by atoms with Gasteiger partial charge in [0, 0.05) is 61.2 Å². The molecule has 13 heteroatoms. The number of rotatable bonds is 14. The number of aliphatic hydroxyl groups is 2. The van der Waals surface area contributed by atoms with Crippen LogP contribution in [0.4, 0.5) is 0 Å². The molecule has 0 aliphatic carbocycles. The summed E-state index contributed by atoms with van der Waals surface area (Å²) in [4.78, 5) is 57.1. The lowest BCUT2D eigenvalue weighted by molar-refractivity contribution is -0.155. The predicted molar refractivity (Wildman–Crippen MR) is 221 cm³/mol. The van der Waals surface area contributed by atoms with E-state index in [-0.39, 0.29) is 52.6 Å². The number of pyridine rings is 1. The molecule has 1 aromatic heterocycles. The first-order valence-electron chi connectivity index (χ1n) is 20.2. The monoisotopic (exact) mass is 802 g/mol. The molecule has 4 aromatic carbocycles. The molecule has 0 radical (unpaired) electrons. The number of nitrogens with zero attached hydrogens (tertiary/aromatic N) is 2. The van der Waals surface area contributed by atoms with Crippen molar-refractivity contribution < 1.29 is 39.5 Å². The summed E-state index contributed by atoms with van der Waals surface area (Å²) in [6.07, 6.45) is 2.62. The minimum absolute atomic E-state index is 0.0507. The summed E-state index contributed by atoms with van der Waals surface area (Å²) >= 11 is 0. The number of aromatic nitrogens is 1. The molecule has 7 rings (SSSR count). The van der Waals surface area contributed by atoms with E-state index in [0.29, 0.717) is 86.4 Å². The van der Waals surface area contributed by atoms with E-state index in [1.165, 1.54) is 12.1 Å². The topological polar surface area (TPSA) is 193 Å². The Labute approximate surface area is 341 Å². The summed E-state index contributed by atoms with van der Waals surface area (Å²) in [5.41, 5.74) is 0.449. The smallest absolute Gasteiger partial charge is 0.345 e. The average Bonchev–Trinajstić information content (AvgIpc) is 3.27. The second kappa shape index (κ2) is 18.3. The number of aromatic amines is 1. The van der Waals surface area contributed by atoms with Gasteiger partial charge in [-0.15, -0.1) is 0 Å². The van der Waals surface area contributed by atoms with Gasteiger partial charge in [0.15, 0.2) is 0 Å². The summed E-state index contributed by atoms with van der Waals surface area (Å²) in [5, 5.41) is 45.9. The van der Waals surface area contributed by atoms with Gasteiger partial charge < -0.3 is 45.3 Å². The van der Waals surface area contributed by atoms with E-state index in [1.807, 2.05) is 34.1 Å². The number of amides is 2. The molecule has 2 aliphatic heterocycles. The Hall–Kier alpha value is -6.02. The summed E-state index contributed by atoms with van der Waals surface area (Å²) in [6, 6.07) is 28.4. The number of likely N-dealkylation sites (tertiary alicyclic amines) is 2. The molecule has 2 saturated heterocycles. The molecule has 3 heterocycles. The van der Waals surface area contributed by atoms with Crippen LogP contribution in [0, 0.1) is 11.8 Å². The minimum atomic E-state index is -2.21. The molecular formula is C46H50N4O9. The molecule has 0 saturated carbocycles. The van der Waals surface area contributed by atoms with Gasteiger partial charge in [-0.25, -0.2) is 4.79 Å². The van der Waals surface area contributed by atoms with Crippen LogP contribution in [-0.4, -0.2) is 98.9 Å². The number of aliphatic carboxylic acids is 1.